The van der Waals surface area contributed by atoms with E-state index in [1.807, 2.05) is 0 Å². The lowest BCUT2D eigenvalue weighted by Crippen LogP contribution is -2.51. The first-order valence-electron chi connectivity index (χ1n) is 4.89. The zero-order chi connectivity index (χ0) is 15.2. The summed E-state index contributed by atoms with van der Waals surface area (Å²) < 4.78 is 53.0. The van der Waals surface area contributed by atoms with Crippen molar-refractivity contribution >= 4 is 17.8 Å². The minimum Gasteiger partial charge on any atom is -0.480 e. The number of nitrogens with one attached hydrogen (secondary N) is 1. The van der Waals surface area contributed by atoms with E-state index in [-0.39, 0.29) is 0 Å². The summed E-state index contributed by atoms with van der Waals surface area (Å²) >= 11 is 0. The molecule has 0 saturated heterocycles. The van der Waals surface area contributed by atoms with E-state index in [4.69, 9.17) is 5.11 Å². The van der Waals surface area contributed by atoms with Crippen LogP contribution in [0, 0.1) is 0 Å². The van der Waals surface area contributed by atoms with Crippen LogP contribution in [0.5, 0.6) is 0 Å². The molecule has 1 atom stereocenters. The smallest absolute Gasteiger partial charge is 0.383 e. The number of methoxy groups -OCH3 is 1. The average molecular weight is 289 g/mol. The van der Waals surface area contributed by atoms with E-state index in [2.05, 4.69) is 4.74 Å². The molecule has 0 aromatic rings. The van der Waals surface area contributed by atoms with Crippen LogP contribution in [-0.2, 0) is 19.1 Å². The lowest BCUT2D eigenvalue weighted by Gasteiger charge is -2.18. The predicted octanol–water partition coefficient (Wildman–Crippen LogP) is 0.409. The number of rotatable bonds is 7. The van der Waals surface area contributed by atoms with Crippen molar-refractivity contribution in [1.82, 2.24) is 5.32 Å². The Bertz CT molecular complexity index is 361. The maximum Gasteiger partial charge on any atom is 0.383 e. The Morgan fingerprint density at radius 2 is 1.84 bits per heavy atom. The van der Waals surface area contributed by atoms with Gasteiger partial charge in [0.1, 0.15) is 6.04 Å². The third-order valence-electron chi connectivity index (χ3n) is 2.05. The minimum atomic E-state index is -5.00. The molecule has 19 heavy (non-hydrogen) atoms. The van der Waals surface area contributed by atoms with Gasteiger partial charge in [0.2, 0.25) is 0 Å². The fourth-order valence-electron chi connectivity index (χ4n) is 0.975. The number of hydrogen-bond acceptors (Lipinski definition) is 4. The Labute approximate surface area is 104 Å². The van der Waals surface area contributed by atoms with E-state index >= 15 is 0 Å². The van der Waals surface area contributed by atoms with Gasteiger partial charge < -0.3 is 15.2 Å². The van der Waals surface area contributed by atoms with Crippen LogP contribution >= 0.6 is 0 Å². The topological polar surface area (TPSA) is 92.7 Å². The molecule has 0 aromatic carbocycles. The first kappa shape index (κ1) is 17.1. The Kier molecular flexibility index (Phi) is 6.22. The zero-order valence-electron chi connectivity index (χ0n) is 9.66. The Balaban J connectivity index is 4.64. The van der Waals surface area contributed by atoms with Gasteiger partial charge in [0.05, 0.1) is 7.11 Å². The van der Waals surface area contributed by atoms with Gasteiger partial charge in [-0.3, -0.25) is 9.59 Å². The van der Waals surface area contributed by atoms with Crippen LogP contribution in [0.15, 0.2) is 0 Å². The molecule has 2 N–H and O–H groups in total. The van der Waals surface area contributed by atoms with Gasteiger partial charge in [-0.25, -0.2) is 13.6 Å². The molecule has 6 nitrogen and oxygen atoms in total. The van der Waals surface area contributed by atoms with Gasteiger partial charge in [-0.1, -0.05) is 0 Å². The molecule has 0 fully saturated rings. The summed E-state index contributed by atoms with van der Waals surface area (Å²) in [4.78, 5) is 32.2. The summed E-state index contributed by atoms with van der Waals surface area (Å²) in [6.45, 7) is 0. The van der Waals surface area contributed by atoms with Crippen LogP contribution < -0.4 is 5.32 Å². The number of carbonyl (C=O) groups is 3. The molecule has 0 radical (unpaired) electrons. The van der Waals surface area contributed by atoms with E-state index in [1.165, 1.54) is 5.32 Å². The van der Waals surface area contributed by atoms with Crippen LogP contribution in [0.3, 0.4) is 0 Å². The summed E-state index contributed by atoms with van der Waals surface area (Å²) in [5.74, 6) is -9.98. The highest BCUT2D eigenvalue weighted by Gasteiger charge is 2.49. The Morgan fingerprint density at radius 1 is 1.32 bits per heavy atom. The first-order chi connectivity index (χ1) is 8.62. The zero-order valence-corrected chi connectivity index (χ0v) is 9.66. The van der Waals surface area contributed by atoms with Crippen molar-refractivity contribution < 1.29 is 41.8 Å². The lowest BCUT2D eigenvalue weighted by atomic mass is 10.1. The molecule has 0 saturated carbocycles. The second kappa shape index (κ2) is 6.90. The van der Waals surface area contributed by atoms with E-state index in [9.17, 15) is 31.9 Å². The third kappa shape index (κ3) is 5.10. The molecule has 0 rings (SSSR count). The van der Waals surface area contributed by atoms with E-state index in [0.717, 1.165) is 7.11 Å². The van der Waals surface area contributed by atoms with Crippen LogP contribution in [0.2, 0.25) is 0 Å². The van der Waals surface area contributed by atoms with E-state index < -0.39 is 49.1 Å². The number of carbonyl (C=O) groups excluding carboxylic acids is 2. The van der Waals surface area contributed by atoms with Crippen molar-refractivity contribution in [3.8, 4) is 0 Å². The Morgan fingerprint density at radius 3 is 2.21 bits per heavy atom. The number of esters is 1. The molecule has 0 aromatic heterocycles. The van der Waals surface area contributed by atoms with Gasteiger partial charge in [0.15, 0.2) is 0 Å². The highest BCUT2D eigenvalue weighted by Crippen LogP contribution is 2.23. The lowest BCUT2D eigenvalue weighted by molar-refractivity contribution is -0.171. The molecule has 0 heterocycles. The van der Waals surface area contributed by atoms with Crippen molar-refractivity contribution in [2.24, 2.45) is 0 Å². The fraction of sp³-hybridized carbons (Fsp3) is 0.667. The van der Waals surface area contributed by atoms with Crippen molar-refractivity contribution in [3.05, 3.63) is 0 Å². The van der Waals surface area contributed by atoms with Crippen LogP contribution in [0.25, 0.3) is 0 Å². The normalized spacial score (nSPS) is 12.9. The molecule has 1 amide bonds. The van der Waals surface area contributed by atoms with Crippen molar-refractivity contribution in [1.29, 1.82) is 0 Å². The second-order valence-corrected chi connectivity index (χ2v) is 3.40. The summed E-state index contributed by atoms with van der Waals surface area (Å²) in [6.07, 6.45) is -5.30. The standard InChI is InChI=1S/C9H11F4NO5/c1-19-5(15)3-2-4(6(16)17)14-8(18)9(12,13)7(10)11/h4,7H,2-3H2,1H3,(H,14,18)(H,16,17)/t4-/m1/s1. The molecule has 0 aliphatic rings. The summed E-state index contributed by atoms with van der Waals surface area (Å²) in [5.41, 5.74) is 0. The maximum absolute atomic E-state index is 12.6. The van der Waals surface area contributed by atoms with Crippen molar-refractivity contribution in [2.45, 2.75) is 31.2 Å². The number of halogens is 4. The van der Waals surface area contributed by atoms with Crippen LogP contribution in [0.1, 0.15) is 12.8 Å². The van der Waals surface area contributed by atoms with E-state index in [0.29, 0.717) is 0 Å². The first-order valence-corrected chi connectivity index (χ1v) is 4.89. The number of carboxylic acids is 1. The average Bonchev–Trinajstić information content (AvgIpc) is 2.32. The van der Waals surface area contributed by atoms with E-state index in [1.54, 1.807) is 0 Å². The molecular weight excluding hydrogens is 278 g/mol. The molecule has 0 bridgehead atoms. The molecule has 10 heteroatoms. The highest BCUT2D eigenvalue weighted by atomic mass is 19.3. The van der Waals surface area contributed by atoms with Crippen molar-refractivity contribution in [3.63, 3.8) is 0 Å². The quantitative estimate of drug-likeness (QED) is 0.523. The number of carboxylic acid groups (broad SMARTS) is 1. The maximum atomic E-state index is 12.6. The van der Waals surface area contributed by atoms with Crippen LogP contribution in [-0.4, -0.2) is 48.5 Å². The number of amides is 1. The third-order valence-corrected chi connectivity index (χ3v) is 2.05. The SMILES string of the molecule is COC(=O)CC[C@@H](NC(=O)C(F)(F)C(F)F)C(=O)O. The number of hydrogen-bond donors (Lipinski definition) is 2. The monoisotopic (exact) mass is 289 g/mol. The molecular formula is C9H11F4NO5. The number of aliphatic carboxylic acids is 1. The molecule has 0 spiro atoms. The number of ether oxygens (including phenoxy) is 1. The molecule has 0 aliphatic carbocycles. The summed E-state index contributed by atoms with van der Waals surface area (Å²) in [5, 5.41) is 9.85. The number of alkyl halides is 4. The highest BCUT2D eigenvalue weighted by molar-refractivity contribution is 5.88. The fourth-order valence-corrected chi connectivity index (χ4v) is 0.975. The van der Waals surface area contributed by atoms with Gasteiger partial charge in [-0.2, -0.15) is 8.78 Å². The minimum absolute atomic E-state index is 0.478. The van der Waals surface area contributed by atoms with Gasteiger partial charge in [0.25, 0.3) is 5.91 Å². The summed E-state index contributed by atoms with van der Waals surface area (Å²) in [7, 11) is 1.02. The molecule has 110 valence electrons. The van der Waals surface area contributed by atoms with Crippen molar-refractivity contribution in [2.75, 3.05) is 7.11 Å². The Hall–Kier alpha value is -1.87. The van der Waals surface area contributed by atoms with Gasteiger partial charge in [-0.15, -0.1) is 0 Å². The van der Waals surface area contributed by atoms with Gasteiger partial charge in [-0.05, 0) is 6.42 Å². The largest absolute Gasteiger partial charge is 0.480 e. The van der Waals surface area contributed by atoms with Crippen LogP contribution in [0.4, 0.5) is 17.6 Å². The summed E-state index contributed by atoms with van der Waals surface area (Å²) in [6, 6.07) is -1.89. The van der Waals surface area contributed by atoms with Gasteiger partial charge in [0, 0.05) is 6.42 Å². The molecule has 0 unspecified atom stereocenters. The second-order valence-electron chi connectivity index (χ2n) is 3.40. The predicted molar refractivity (Wildman–Crippen MR) is 51.8 cm³/mol. The van der Waals surface area contributed by atoms with Gasteiger partial charge >= 0.3 is 24.3 Å². The molecule has 0 aliphatic heterocycles.